The van der Waals surface area contributed by atoms with E-state index in [1.807, 2.05) is 0 Å². The molecule has 0 aromatic heterocycles. The summed E-state index contributed by atoms with van der Waals surface area (Å²) in [6, 6.07) is 0. The van der Waals surface area contributed by atoms with Gasteiger partial charge in [0.05, 0.1) is 0 Å². The van der Waals surface area contributed by atoms with Crippen LogP contribution in [0.2, 0.25) is 0 Å². The Kier molecular flexibility index (Phi) is 7.12. The number of rotatable bonds is 9. The zero-order chi connectivity index (χ0) is 16.8. The van der Waals surface area contributed by atoms with Crippen LogP contribution in [0.4, 0.5) is 0 Å². The summed E-state index contributed by atoms with van der Waals surface area (Å²) < 4.78 is 0. The van der Waals surface area contributed by atoms with Crippen molar-refractivity contribution >= 4 is 17.7 Å². The van der Waals surface area contributed by atoms with Gasteiger partial charge < -0.3 is 5.11 Å². The molecule has 3 heteroatoms. The lowest BCUT2D eigenvalue weighted by atomic mass is 9.78. The molecule has 3 saturated carbocycles. The molecule has 2 bridgehead atoms. The maximum Gasteiger partial charge on any atom is 0.303 e. The predicted octanol–water partition coefficient (Wildman–Crippen LogP) is 5.92. The van der Waals surface area contributed by atoms with Gasteiger partial charge >= 0.3 is 5.97 Å². The van der Waals surface area contributed by atoms with E-state index in [0.717, 1.165) is 41.8 Å². The van der Waals surface area contributed by atoms with Gasteiger partial charge in [0.2, 0.25) is 0 Å². The first-order valence-electron chi connectivity index (χ1n) is 10.2. The van der Waals surface area contributed by atoms with Crippen LogP contribution < -0.4 is 0 Å². The molecule has 3 aliphatic carbocycles. The fraction of sp³-hybridized carbons (Fsp3) is 0.857. The first kappa shape index (κ1) is 18.4. The van der Waals surface area contributed by atoms with Gasteiger partial charge in [-0.15, -0.1) is 0 Å². The molecule has 2 nitrogen and oxygen atoms in total. The number of carbonyl (C=O) groups is 1. The van der Waals surface area contributed by atoms with Gasteiger partial charge in [-0.2, -0.15) is 11.8 Å². The fourth-order valence-electron chi connectivity index (χ4n) is 5.38. The quantitative estimate of drug-likeness (QED) is 0.414. The Bertz CT molecular complexity index is 428. The van der Waals surface area contributed by atoms with Gasteiger partial charge in [0, 0.05) is 11.7 Å². The van der Waals surface area contributed by atoms with Gasteiger partial charge in [0.15, 0.2) is 0 Å². The minimum atomic E-state index is -0.670. The van der Waals surface area contributed by atoms with E-state index in [0.29, 0.717) is 6.42 Å². The average Bonchev–Trinajstić information content (AvgIpc) is 3.18. The smallest absolute Gasteiger partial charge is 0.303 e. The summed E-state index contributed by atoms with van der Waals surface area (Å²) in [6.45, 7) is 0. The van der Waals surface area contributed by atoms with Crippen LogP contribution >= 0.6 is 11.8 Å². The third kappa shape index (κ3) is 5.03. The zero-order valence-electron chi connectivity index (χ0n) is 15.0. The van der Waals surface area contributed by atoms with Gasteiger partial charge in [-0.3, -0.25) is 4.79 Å². The fourth-order valence-corrected chi connectivity index (χ4v) is 7.06. The maximum absolute atomic E-state index is 10.5. The Morgan fingerprint density at radius 3 is 2.50 bits per heavy atom. The standard InChI is InChI=1S/C21H34O2S/c22-21(23)11-7-2-1-6-10-19-16-12-13-17(14-16)20(19)15-24-18-8-4-3-5-9-18/h1,6,16-20H,2-5,7-15H2,(H,22,23)/b6-1-/t16-,17+,19-,20+/m0/s1. The third-order valence-corrected chi connectivity index (χ3v) is 8.21. The van der Waals surface area contributed by atoms with Crippen molar-refractivity contribution in [3.05, 3.63) is 12.2 Å². The first-order valence-corrected chi connectivity index (χ1v) is 11.3. The summed E-state index contributed by atoms with van der Waals surface area (Å²) in [7, 11) is 0. The molecule has 0 aromatic carbocycles. The highest BCUT2D eigenvalue weighted by molar-refractivity contribution is 7.99. The van der Waals surface area contributed by atoms with Gasteiger partial charge in [-0.1, -0.05) is 31.4 Å². The Hall–Kier alpha value is -0.440. The zero-order valence-corrected chi connectivity index (χ0v) is 15.8. The van der Waals surface area contributed by atoms with Crippen LogP contribution in [0.25, 0.3) is 0 Å². The van der Waals surface area contributed by atoms with E-state index in [2.05, 4.69) is 23.9 Å². The second-order valence-corrected chi connectivity index (χ2v) is 9.58. The van der Waals surface area contributed by atoms with Crippen molar-refractivity contribution in [2.75, 3.05) is 5.75 Å². The highest BCUT2D eigenvalue weighted by atomic mass is 32.2. The number of thioether (sulfide) groups is 1. The number of hydrogen-bond donors (Lipinski definition) is 1. The van der Waals surface area contributed by atoms with Gasteiger partial charge in [0.1, 0.15) is 0 Å². The summed E-state index contributed by atoms with van der Waals surface area (Å²) in [4.78, 5) is 10.5. The van der Waals surface area contributed by atoms with Gasteiger partial charge in [-0.25, -0.2) is 0 Å². The number of hydrogen-bond acceptors (Lipinski definition) is 2. The molecular weight excluding hydrogens is 316 g/mol. The molecule has 0 saturated heterocycles. The monoisotopic (exact) mass is 350 g/mol. The summed E-state index contributed by atoms with van der Waals surface area (Å²) >= 11 is 2.30. The number of carboxylic acids is 1. The van der Waals surface area contributed by atoms with E-state index >= 15 is 0 Å². The lowest BCUT2D eigenvalue weighted by molar-refractivity contribution is -0.137. The van der Waals surface area contributed by atoms with Crippen molar-refractivity contribution in [1.82, 2.24) is 0 Å². The summed E-state index contributed by atoms with van der Waals surface area (Å²) in [5, 5.41) is 9.64. The largest absolute Gasteiger partial charge is 0.481 e. The lowest BCUT2D eigenvalue weighted by Gasteiger charge is -2.32. The molecule has 0 amide bonds. The summed E-state index contributed by atoms with van der Waals surface area (Å²) in [6.07, 6.45) is 19.6. The van der Waals surface area contributed by atoms with Crippen LogP contribution in [0, 0.1) is 23.7 Å². The summed E-state index contributed by atoms with van der Waals surface area (Å²) in [5.74, 6) is 4.60. The molecule has 0 spiro atoms. The molecule has 0 unspecified atom stereocenters. The SMILES string of the molecule is O=C(O)CCC/C=C\C[C@H]1[C@H]2CC[C@H](C2)[C@H]1CSC1CCCCC1. The van der Waals surface area contributed by atoms with Crippen molar-refractivity contribution in [2.24, 2.45) is 23.7 Å². The molecule has 24 heavy (non-hydrogen) atoms. The Labute approximate surface area is 151 Å². The molecule has 0 heterocycles. The molecule has 0 radical (unpaired) electrons. The minimum absolute atomic E-state index is 0.305. The van der Waals surface area contributed by atoms with Crippen molar-refractivity contribution in [1.29, 1.82) is 0 Å². The normalized spacial score (nSPS) is 33.5. The van der Waals surface area contributed by atoms with Crippen molar-refractivity contribution in [3.8, 4) is 0 Å². The molecule has 0 aromatic rings. The molecule has 1 N–H and O–H groups in total. The van der Waals surface area contributed by atoms with E-state index in [4.69, 9.17) is 5.11 Å². The van der Waals surface area contributed by atoms with Crippen molar-refractivity contribution < 1.29 is 9.90 Å². The Morgan fingerprint density at radius 1 is 1.00 bits per heavy atom. The second kappa shape index (κ2) is 9.31. The number of aliphatic carboxylic acids is 1. The highest BCUT2D eigenvalue weighted by Crippen LogP contribution is 2.55. The maximum atomic E-state index is 10.5. The van der Waals surface area contributed by atoms with E-state index in [1.54, 1.807) is 0 Å². The van der Waals surface area contributed by atoms with E-state index < -0.39 is 5.97 Å². The Morgan fingerprint density at radius 2 is 1.75 bits per heavy atom. The van der Waals surface area contributed by atoms with Crippen LogP contribution in [0.5, 0.6) is 0 Å². The molecule has 3 rings (SSSR count). The van der Waals surface area contributed by atoms with E-state index in [9.17, 15) is 4.79 Å². The molecule has 0 aliphatic heterocycles. The summed E-state index contributed by atoms with van der Waals surface area (Å²) in [5.41, 5.74) is 0. The van der Waals surface area contributed by atoms with Crippen LogP contribution in [-0.4, -0.2) is 22.1 Å². The lowest BCUT2D eigenvalue weighted by Crippen LogP contribution is -2.25. The molecular formula is C21H34O2S. The van der Waals surface area contributed by atoms with Crippen LogP contribution in [0.15, 0.2) is 12.2 Å². The third-order valence-electron chi connectivity index (χ3n) is 6.69. The molecule has 4 atom stereocenters. The minimum Gasteiger partial charge on any atom is -0.481 e. The van der Waals surface area contributed by atoms with Gasteiger partial charge in [0.25, 0.3) is 0 Å². The highest BCUT2D eigenvalue weighted by Gasteiger charge is 2.46. The predicted molar refractivity (Wildman–Crippen MR) is 102 cm³/mol. The number of carboxylic acid groups (broad SMARTS) is 1. The van der Waals surface area contributed by atoms with Crippen LogP contribution in [0.3, 0.4) is 0 Å². The van der Waals surface area contributed by atoms with Gasteiger partial charge in [-0.05, 0) is 80.8 Å². The van der Waals surface area contributed by atoms with Crippen molar-refractivity contribution in [3.63, 3.8) is 0 Å². The van der Waals surface area contributed by atoms with Crippen molar-refractivity contribution in [2.45, 2.75) is 82.3 Å². The van der Waals surface area contributed by atoms with E-state index in [1.165, 1.54) is 63.5 Å². The molecule has 3 fully saturated rings. The molecule has 3 aliphatic rings. The number of fused-ring (bicyclic) bond motifs is 2. The number of unbranched alkanes of at least 4 members (excludes halogenated alkanes) is 1. The Balaban J connectivity index is 1.42. The van der Waals surface area contributed by atoms with Crippen LogP contribution in [-0.2, 0) is 4.79 Å². The van der Waals surface area contributed by atoms with Crippen LogP contribution in [0.1, 0.15) is 77.0 Å². The first-order chi connectivity index (χ1) is 11.7. The second-order valence-electron chi connectivity index (χ2n) is 8.25. The topological polar surface area (TPSA) is 37.3 Å². The number of allylic oxidation sites excluding steroid dienone is 2. The molecule has 136 valence electrons. The average molecular weight is 351 g/mol. The van der Waals surface area contributed by atoms with E-state index in [-0.39, 0.29) is 0 Å².